The molecule has 0 aromatic heterocycles. The van der Waals surface area contributed by atoms with Crippen LogP contribution in [0.1, 0.15) is 227 Å². The van der Waals surface area contributed by atoms with Crippen LogP contribution < -0.4 is 0 Å². The van der Waals surface area contributed by atoms with Crippen LogP contribution in [0.25, 0.3) is 0 Å². The highest BCUT2D eigenvalue weighted by atomic mass is 16.5. The van der Waals surface area contributed by atoms with E-state index in [0.717, 1.165) is 115 Å². The van der Waals surface area contributed by atoms with Gasteiger partial charge in [0.2, 0.25) is 0 Å². The number of carbonyl (C=O) groups is 2. The van der Waals surface area contributed by atoms with Gasteiger partial charge in [-0.1, -0.05) is 144 Å². The van der Waals surface area contributed by atoms with E-state index >= 15 is 0 Å². The van der Waals surface area contributed by atoms with Crippen molar-refractivity contribution >= 4 is 11.9 Å². The molecule has 4 unspecified atom stereocenters. The third-order valence-corrected chi connectivity index (χ3v) is 11.7. The Morgan fingerprint density at radius 3 is 1.69 bits per heavy atom. The van der Waals surface area contributed by atoms with Gasteiger partial charge in [-0.05, 0) is 101 Å². The van der Waals surface area contributed by atoms with Crippen LogP contribution in [0.5, 0.6) is 0 Å². The largest absolute Gasteiger partial charge is 0.466 e. The molecule has 0 rings (SSSR count). The van der Waals surface area contributed by atoms with Gasteiger partial charge in [0.25, 0.3) is 0 Å². The Hall–Kier alpha value is -1.18. The summed E-state index contributed by atoms with van der Waals surface area (Å²) in [6, 6.07) is 0. The molecule has 322 valence electrons. The predicted octanol–water partition coefficient (Wildman–Crippen LogP) is 12.4. The first kappa shape index (κ1) is 52.8. The van der Waals surface area contributed by atoms with Crippen LogP contribution in [0.15, 0.2) is 0 Å². The maximum atomic E-state index is 12.6. The van der Waals surface area contributed by atoms with Gasteiger partial charge >= 0.3 is 11.9 Å². The second-order valence-electron chi connectivity index (χ2n) is 16.6. The third-order valence-electron chi connectivity index (χ3n) is 11.7. The average molecular weight is 768 g/mol. The molecule has 7 heteroatoms. The van der Waals surface area contributed by atoms with Crippen LogP contribution in [0, 0.1) is 17.8 Å². The van der Waals surface area contributed by atoms with Gasteiger partial charge < -0.3 is 24.6 Å². The first-order valence-electron chi connectivity index (χ1n) is 23.7. The molecule has 0 spiro atoms. The lowest BCUT2D eigenvalue weighted by Gasteiger charge is -2.27. The van der Waals surface area contributed by atoms with Gasteiger partial charge in [-0.3, -0.25) is 9.59 Å². The van der Waals surface area contributed by atoms with Crippen molar-refractivity contribution in [3.05, 3.63) is 0 Å². The molecule has 0 aliphatic heterocycles. The Balaban J connectivity index is 4.49. The summed E-state index contributed by atoms with van der Waals surface area (Å²) >= 11 is 0. The lowest BCUT2D eigenvalue weighted by atomic mass is 9.92. The van der Waals surface area contributed by atoms with E-state index in [-0.39, 0.29) is 37.2 Å². The van der Waals surface area contributed by atoms with Crippen LogP contribution in [0.2, 0.25) is 0 Å². The first-order valence-corrected chi connectivity index (χ1v) is 23.7. The van der Waals surface area contributed by atoms with Crippen molar-refractivity contribution in [2.24, 2.45) is 17.8 Å². The molecule has 0 saturated heterocycles. The molecule has 4 atom stereocenters. The van der Waals surface area contributed by atoms with Gasteiger partial charge in [-0.15, -0.1) is 0 Å². The monoisotopic (exact) mass is 768 g/mol. The summed E-state index contributed by atoms with van der Waals surface area (Å²) in [6.45, 7) is 14.9. The molecule has 0 heterocycles. The fourth-order valence-electron chi connectivity index (χ4n) is 7.81. The van der Waals surface area contributed by atoms with Crippen molar-refractivity contribution in [3.8, 4) is 0 Å². The summed E-state index contributed by atoms with van der Waals surface area (Å²) in [5.41, 5.74) is 0. The van der Waals surface area contributed by atoms with Crippen LogP contribution in [-0.2, 0) is 19.1 Å². The Morgan fingerprint density at radius 2 is 1.04 bits per heavy atom. The predicted molar refractivity (Wildman–Crippen MR) is 229 cm³/mol. The number of aliphatic hydroxyl groups excluding tert-OH is 2. The number of nitrogens with zero attached hydrogens (tertiary/aromatic N) is 1. The second kappa shape index (κ2) is 40.0. The van der Waals surface area contributed by atoms with Crippen LogP contribution >= 0.6 is 0 Å². The molecule has 0 saturated carbocycles. The van der Waals surface area contributed by atoms with Gasteiger partial charge in [0.05, 0.1) is 6.61 Å². The summed E-state index contributed by atoms with van der Waals surface area (Å²) in [4.78, 5) is 27.6. The highest BCUT2D eigenvalue weighted by Crippen LogP contribution is 2.23. The Kier molecular flexibility index (Phi) is 39.2. The minimum Gasteiger partial charge on any atom is -0.466 e. The molecule has 0 radical (unpaired) electrons. The number of unbranched alkanes of at least 4 members (excludes halogenated alkanes) is 13. The van der Waals surface area contributed by atoms with E-state index in [1.165, 1.54) is 89.9 Å². The van der Waals surface area contributed by atoms with Crippen LogP contribution in [0.3, 0.4) is 0 Å². The van der Waals surface area contributed by atoms with Crippen LogP contribution in [0.4, 0.5) is 0 Å². The SMILES string of the molecule is CCCCCCCC(CCCCC)CCOC(=O)CCCCC(CO)CN(CCCCCO)CCCCCCC(=O)OC(CC)CCC(CC)CCCC. The summed E-state index contributed by atoms with van der Waals surface area (Å²) < 4.78 is 11.5. The van der Waals surface area contributed by atoms with E-state index in [1.54, 1.807) is 0 Å². The van der Waals surface area contributed by atoms with E-state index in [4.69, 9.17) is 9.47 Å². The molecule has 0 aromatic rings. The smallest absolute Gasteiger partial charge is 0.306 e. The zero-order chi connectivity index (χ0) is 39.9. The fraction of sp³-hybridized carbons (Fsp3) is 0.957. The molecular weight excluding hydrogens is 675 g/mol. The number of hydrogen-bond acceptors (Lipinski definition) is 7. The summed E-state index contributed by atoms with van der Waals surface area (Å²) in [5.74, 6) is 1.51. The van der Waals surface area contributed by atoms with E-state index in [0.29, 0.717) is 25.4 Å². The Labute approximate surface area is 335 Å². The second-order valence-corrected chi connectivity index (χ2v) is 16.6. The highest BCUT2D eigenvalue weighted by molar-refractivity contribution is 5.69. The lowest BCUT2D eigenvalue weighted by Crippen LogP contribution is -2.33. The summed E-state index contributed by atoms with van der Waals surface area (Å²) in [7, 11) is 0. The summed E-state index contributed by atoms with van der Waals surface area (Å²) in [6.07, 6.45) is 32.6. The number of esters is 2. The quantitative estimate of drug-likeness (QED) is 0.0471. The van der Waals surface area contributed by atoms with Crippen molar-refractivity contribution in [2.45, 2.75) is 233 Å². The first-order chi connectivity index (χ1) is 26.4. The molecule has 0 aliphatic rings. The number of aliphatic hydroxyl groups is 2. The fourth-order valence-corrected chi connectivity index (χ4v) is 7.81. The van der Waals surface area contributed by atoms with Gasteiger partial charge in [0.15, 0.2) is 0 Å². The van der Waals surface area contributed by atoms with Gasteiger partial charge in [-0.2, -0.15) is 0 Å². The molecule has 0 aromatic carbocycles. The van der Waals surface area contributed by atoms with E-state index in [9.17, 15) is 19.8 Å². The molecule has 2 N–H and O–H groups in total. The molecule has 54 heavy (non-hydrogen) atoms. The molecule has 0 bridgehead atoms. The van der Waals surface area contributed by atoms with Crippen molar-refractivity contribution in [1.82, 2.24) is 4.90 Å². The lowest BCUT2D eigenvalue weighted by molar-refractivity contribution is -0.150. The van der Waals surface area contributed by atoms with Gasteiger partial charge in [0, 0.05) is 32.6 Å². The molecule has 0 fully saturated rings. The number of rotatable bonds is 42. The van der Waals surface area contributed by atoms with E-state index in [2.05, 4.69) is 39.5 Å². The molecular formula is C47H93NO6. The van der Waals surface area contributed by atoms with E-state index in [1.807, 2.05) is 0 Å². The molecule has 7 nitrogen and oxygen atoms in total. The standard InChI is InChI=1S/C47H93NO6/c1-6-11-14-15-20-29-43(28-19-12-7-2)35-39-53-46(51)31-23-22-30-44(41-50)40-48(37-25-18-26-38-49)36-24-17-16-21-32-47(52)54-45(10-5)34-33-42(9-4)27-13-8-3/h42-45,49-50H,6-41H2,1-5H3. The molecule has 0 aliphatic carbocycles. The van der Waals surface area contributed by atoms with Gasteiger partial charge in [0.1, 0.15) is 6.10 Å². The van der Waals surface area contributed by atoms with Crippen LogP contribution in [-0.4, -0.2) is 72.6 Å². The average Bonchev–Trinajstić information content (AvgIpc) is 3.17. The minimum atomic E-state index is -0.0716. The number of ether oxygens (including phenoxy) is 2. The van der Waals surface area contributed by atoms with Crippen molar-refractivity contribution in [1.29, 1.82) is 0 Å². The zero-order valence-corrected chi connectivity index (χ0v) is 36.7. The normalized spacial score (nSPS) is 13.9. The number of carbonyl (C=O) groups excluding carboxylic acids is 2. The van der Waals surface area contributed by atoms with E-state index < -0.39 is 0 Å². The van der Waals surface area contributed by atoms with Crippen molar-refractivity contribution < 1.29 is 29.3 Å². The third kappa shape index (κ3) is 33.0. The maximum absolute atomic E-state index is 12.6. The minimum absolute atomic E-state index is 0.0389. The molecule has 0 amide bonds. The van der Waals surface area contributed by atoms with Crippen molar-refractivity contribution in [3.63, 3.8) is 0 Å². The Morgan fingerprint density at radius 1 is 0.500 bits per heavy atom. The Bertz CT molecular complexity index is 809. The summed E-state index contributed by atoms with van der Waals surface area (Å²) in [5, 5.41) is 19.5. The number of hydrogen-bond donors (Lipinski definition) is 2. The maximum Gasteiger partial charge on any atom is 0.306 e. The van der Waals surface area contributed by atoms with Gasteiger partial charge in [-0.25, -0.2) is 0 Å². The zero-order valence-electron chi connectivity index (χ0n) is 36.7. The highest BCUT2D eigenvalue weighted by Gasteiger charge is 2.17. The van der Waals surface area contributed by atoms with Crippen molar-refractivity contribution in [2.75, 3.05) is 39.5 Å². The topological polar surface area (TPSA) is 96.3 Å².